The van der Waals surface area contributed by atoms with E-state index in [0.29, 0.717) is 5.56 Å². The van der Waals surface area contributed by atoms with Crippen molar-refractivity contribution in [3.05, 3.63) is 47.8 Å². The van der Waals surface area contributed by atoms with Crippen molar-refractivity contribution in [2.45, 2.75) is 6.42 Å². The summed E-state index contributed by atoms with van der Waals surface area (Å²) < 4.78 is 0. The van der Waals surface area contributed by atoms with Crippen LogP contribution < -0.4 is 10.9 Å². The Bertz CT molecular complexity index is 659. The molecular weight excluding hydrogens is 252 g/mol. The number of nitrogens with one attached hydrogen (secondary N) is 3. The molecule has 0 fully saturated rings. The average Bonchev–Trinajstić information content (AvgIpc) is 2.90. The third-order valence-electron chi connectivity index (χ3n) is 3.58. The number of carbonyl (C=O) groups excluding carboxylic acids is 1. The van der Waals surface area contributed by atoms with Crippen molar-refractivity contribution < 1.29 is 4.79 Å². The first-order valence-corrected chi connectivity index (χ1v) is 6.74. The summed E-state index contributed by atoms with van der Waals surface area (Å²) in [5, 5.41) is 0.934. The summed E-state index contributed by atoms with van der Waals surface area (Å²) in [6.45, 7) is 1.91. The van der Waals surface area contributed by atoms with Crippen LogP contribution in [-0.4, -0.2) is 35.9 Å². The lowest BCUT2D eigenvalue weighted by Crippen LogP contribution is -2.39. The molecule has 0 spiro atoms. The molecule has 1 aliphatic rings. The van der Waals surface area contributed by atoms with Crippen molar-refractivity contribution in [3.63, 3.8) is 0 Å². The number of hydrazine groups is 1. The van der Waals surface area contributed by atoms with E-state index < -0.39 is 0 Å². The summed E-state index contributed by atoms with van der Waals surface area (Å²) in [5.74, 6) is -0.123. The van der Waals surface area contributed by atoms with Crippen LogP contribution in [0.2, 0.25) is 0 Å². The maximum absolute atomic E-state index is 12.2. The summed E-state index contributed by atoms with van der Waals surface area (Å²) in [4.78, 5) is 17.5. The maximum Gasteiger partial charge on any atom is 0.271 e. The van der Waals surface area contributed by atoms with Gasteiger partial charge in [0.2, 0.25) is 0 Å². The van der Waals surface area contributed by atoms with E-state index >= 15 is 0 Å². The number of para-hydroxylation sites is 1. The number of carbonyl (C=O) groups is 1. The van der Waals surface area contributed by atoms with Crippen LogP contribution in [0, 0.1) is 0 Å². The number of hydrogen-bond acceptors (Lipinski definition) is 3. The van der Waals surface area contributed by atoms with Gasteiger partial charge in [0, 0.05) is 42.3 Å². The summed E-state index contributed by atoms with van der Waals surface area (Å²) in [7, 11) is 2.08. The number of hydrogen-bond donors (Lipinski definition) is 3. The minimum absolute atomic E-state index is 0.123. The Hall–Kier alpha value is -2.27. The zero-order valence-corrected chi connectivity index (χ0v) is 11.4. The molecule has 104 valence electrons. The Labute approximate surface area is 117 Å². The smallest absolute Gasteiger partial charge is 0.271 e. The Morgan fingerprint density at radius 1 is 1.35 bits per heavy atom. The van der Waals surface area contributed by atoms with Gasteiger partial charge in [0.05, 0.1) is 5.56 Å². The van der Waals surface area contributed by atoms with Gasteiger partial charge in [0.1, 0.15) is 0 Å². The van der Waals surface area contributed by atoms with E-state index in [2.05, 4.69) is 33.9 Å². The van der Waals surface area contributed by atoms with Gasteiger partial charge in [-0.1, -0.05) is 18.2 Å². The van der Waals surface area contributed by atoms with Crippen LogP contribution in [-0.2, 0) is 0 Å². The van der Waals surface area contributed by atoms with Gasteiger partial charge in [-0.2, -0.15) is 0 Å². The topological polar surface area (TPSA) is 60.2 Å². The van der Waals surface area contributed by atoms with Crippen LogP contribution in [0.3, 0.4) is 0 Å². The lowest BCUT2D eigenvalue weighted by molar-refractivity contribution is 0.0939. The number of nitrogens with zero attached hydrogens (tertiary/aromatic N) is 1. The molecule has 3 rings (SSSR count). The highest BCUT2D eigenvalue weighted by Gasteiger charge is 2.12. The van der Waals surface area contributed by atoms with Gasteiger partial charge in [0.15, 0.2) is 0 Å². The Balaban J connectivity index is 1.68. The van der Waals surface area contributed by atoms with Crippen LogP contribution in [0.25, 0.3) is 10.9 Å². The summed E-state index contributed by atoms with van der Waals surface area (Å²) in [5.41, 5.74) is 8.47. The fraction of sp³-hybridized carbons (Fsp3) is 0.267. The van der Waals surface area contributed by atoms with Gasteiger partial charge >= 0.3 is 0 Å². The van der Waals surface area contributed by atoms with E-state index in [4.69, 9.17) is 0 Å². The zero-order valence-electron chi connectivity index (χ0n) is 11.4. The molecule has 2 aromatic rings. The number of aromatic nitrogens is 1. The van der Waals surface area contributed by atoms with Crippen LogP contribution in [0.15, 0.2) is 42.2 Å². The quantitative estimate of drug-likeness (QED) is 0.743. The molecule has 0 aliphatic carbocycles. The van der Waals surface area contributed by atoms with Gasteiger partial charge in [-0.25, -0.2) is 0 Å². The Kier molecular flexibility index (Phi) is 3.43. The van der Waals surface area contributed by atoms with Crippen LogP contribution in [0.1, 0.15) is 16.8 Å². The molecule has 1 amide bonds. The van der Waals surface area contributed by atoms with Crippen LogP contribution in [0.5, 0.6) is 0 Å². The van der Waals surface area contributed by atoms with Crippen molar-refractivity contribution >= 4 is 16.8 Å². The van der Waals surface area contributed by atoms with E-state index in [0.717, 1.165) is 36.1 Å². The van der Waals surface area contributed by atoms with Crippen molar-refractivity contribution in [2.24, 2.45) is 0 Å². The van der Waals surface area contributed by atoms with E-state index in [1.807, 2.05) is 24.3 Å². The lowest BCUT2D eigenvalue weighted by atomic mass is 10.2. The second kappa shape index (κ2) is 5.38. The highest BCUT2D eigenvalue weighted by Crippen LogP contribution is 2.17. The van der Waals surface area contributed by atoms with Gasteiger partial charge in [-0.05, 0) is 19.2 Å². The fourth-order valence-electron chi connectivity index (χ4n) is 2.35. The molecule has 3 N–H and O–H groups in total. The molecule has 2 heterocycles. The van der Waals surface area contributed by atoms with Crippen LogP contribution >= 0.6 is 0 Å². The summed E-state index contributed by atoms with van der Waals surface area (Å²) in [6, 6.07) is 7.77. The standard InChI is InChI=1S/C15H18N4O/c1-19-8-6-11(7-9-19)17-18-15(20)13-10-16-14-5-3-2-4-12(13)14/h2-6,10,16-17H,7-9H2,1H3,(H,18,20). The molecule has 20 heavy (non-hydrogen) atoms. The molecule has 0 bridgehead atoms. The van der Waals surface area contributed by atoms with Gasteiger partial charge in [0.25, 0.3) is 5.91 Å². The molecular formula is C15H18N4O. The number of H-pyrrole nitrogens is 1. The second-order valence-corrected chi connectivity index (χ2v) is 5.07. The number of likely N-dealkylation sites (N-methyl/N-ethyl adjacent to an activating group) is 1. The largest absolute Gasteiger partial charge is 0.360 e. The van der Waals surface area contributed by atoms with E-state index in [9.17, 15) is 4.79 Å². The third kappa shape index (κ3) is 2.53. The number of rotatable bonds is 3. The molecule has 0 atom stereocenters. The molecule has 0 saturated carbocycles. The number of benzene rings is 1. The number of fused-ring (bicyclic) bond motifs is 1. The van der Waals surface area contributed by atoms with Gasteiger partial charge in [-0.3, -0.25) is 10.2 Å². The third-order valence-corrected chi connectivity index (χ3v) is 3.58. The monoisotopic (exact) mass is 270 g/mol. The SMILES string of the molecule is CN1CC=C(NNC(=O)c2c[nH]c3ccccc23)CC1. The van der Waals surface area contributed by atoms with Crippen molar-refractivity contribution in [2.75, 3.05) is 20.1 Å². The van der Waals surface area contributed by atoms with Crippen molar-refractivity contribution in [1.29, 1.82) is 0 Å². The second-order valence-electron chi connectivity index (χ2n) is 5.07. The minimum Gasteiger partial charge on any atom is -0.360 e. The first kappa shape index (κ1) is 12.7. The average molecular weight is 270 g/mol. The molecule has 1 aliphatic heterocycles. The zero-order chi connectivity index (χ0) is 13.9. The first-order chi connectivity index (χ1) is 9.74. The number of amides is 1. The summed E-state index contributed by atoms with van der Waals surface area (Å²) >= 11 is 0. The normalized spacial score (nSPS) is 15.9. The van der Waals surface area contributed by atoms with E-state index in [1.54, 1.807) is 6.20 Å². The predicted molar refractivity (Wildman–Crippen MR) is 79.1 cm³/mol. The number of aromatic amines is 1. The lowest BCUT2D eigenvalue weighted by Gasteiger charge is -2.22. The molecule has 0 radical (unpaired) electrons. The highest BCUT2D eigenvalue weighted by atomic mass is 16.2. The van der Waals surface area contributed by atoms with Crippen molar-refractivity contribution in [3.8, 4) is 0 Å². The summed E-state index contributed by atoms with van der Waals surface area (Å²) in [6.07, 6.45) is 4.76. The fourth-order valence-corrected chi connectivity index (χ4v) is 2.35. The van der Waals surface area contributed by atoms with Gasteiger partial charge < -0.3 is 15.3 Å². The molecule has 1 aromatic heterocycles. The van der Waals surface area contributed by atoms with E-state index in [1.165, 1.54) is 0 Å². The minimum atomic E-state index is -0.123. The molecule has 0 saturated heterocycles. The first-order valence-electron chi connectivity index (χ1n) is 6.74. The van der Waals surface area contributed by atoms with Crippen LogP contribution in [0.4, 0.5) is 0 Å². The van der Waals surface area contributed by atoms with E-state index in [-0.39, 0.29) is 5.91 Å². The maximum atomic E-state index is 12.2. The molecule has 0 unspecified atom stereocenters. The van der Waals surface area contributed by atoms with Gasteiger partial charge in [-0.15, -0.1) is 0 Å². The predicted octanol–water partition coefficient (Wildman–Crippen LogP) is 1.62. The highest BCUT2D eigenvalue weighted by molar-refractivity contribution is 6.06. The Morgan fingerprint density at radius 2 is 2.20 bits per heavy atom. The molecule has 5 heteroatoms. The molecule has 5 nitrogen and oxygen atoms in total. The molecule has 1 aromatic carbocycles. The Morgan fingerprint density at radius 3 is 3.00 bits per heavy atom. The van der Waals surface area contributed by atoms with Crippen molar-refractivity contribution in [1.82, 2.24) is 20.7 Å².